The Morgan fingerprint density at radius 1 is 1.53 bits per heavy atom. The fraction of sp³-hybridized carbons (Fsp3) is 0.929. The monoisotopic (exact) mass is 272 g/mol. The molecule has 2 atom stereocenters. The first kappa shape index (κ1) is 16.4. The molecule has 1 aliphatic heterocycles. The summed E-state index contributed by atoms with van der Waals surface area (Å²) >= 11 is 0. The highest BCUT2D eigenvalue weighted by molar-refractivity contribution is 5.76. The molecular formula is C14H28N2O3. The molecule has 0 radical (unpaired) electrons. The first-order valence-corrected chi connectivity index (χ1v) is 7.25. The molecule has 5 nitrogen and oxygen atoms in total. The highest BCUT2D eigenvalue weighted by Gasteiger charge is 2.35. The van der Waals surface area contributed by atoms with Crippen LogP contribution in [0.4, 0.5) is 0 Å². The number of nitrogens with two attached hydrogens (primary N) is 1. The summed E-state index contributed by atoms with van der Waals surface area (Å²) in [6, 6.07) is 0.205. The molecule has 0 aromatic heterocycles. The van der Waals surface area contributed by atoms with Crippen molar-refractivity contribution < 1.29 is 14.3 Å². The predicted molar refractivity (Wildman–Crippen MR) is 74.9 cm³/mol. The van der Waals surface area contributed by atoms with Gasteiger partial charge in [-0.25, -0.2) is 0 Å². The molecule has 2 unspecified atom stereocenters. The van der Waals surface area contributed by atoms with Gasteiger partial charge in [-0.3, -0.25) is 4.79 Å². The lowest BCUT2D eigenvalue weighted by atomic mass is 9.86. The second-order valence-corrected chi connectivity index (χ2v) is 5.29. The van der Waals surface area contributed by atoms with E-state index in [0.717, 1.165) is 32.3 Å². The quantitative estimate of drug-likeness (QED) is 0.730. The second kappa shape index (κ2) is 7.82. The number of rotatable bonds is 7. The van der Waals surface area contributed by atoms with Crippen molar-refractivity contribution in [1.29, 1.82) is 0 Å². The summed E-state index contributed by atoms with van der Waals surface area (Å²) in [6.45, 7) is 5.37. The molecule has 1 rings (SSSR count). The molecule has 0 aromatic carbocycles. The van der Waals surface area contributed by atoms with Crippen LogP contribution in [0.25, 0.3) is 0 Å². The SMILES string of the molecule is CCC1(CC)CC(NC(=O)CC(CN)OC)CCO1. The van der Waals surface area contributed by atoms with E-state index in [0.29, 0.717) is 13.0 Å². The molecule has 5 heteroatoms. The zero-order valence-corrected chi connectivity index (χ0v) is 12.4. The molecule has 19 heavy (non-hydrogen) atoms. The number of amides is 1. The van der Waals surface area contributed by atoms with E-state index >= 15 is 0 Å². The largest absolute Gasteiger partial charge is 0.380 e. The van der Waals surface area contributed by atoms with Gasteiger partial charge in [-0.05, 0) is 25.7 Å². The van der Waals surface area contributed by atoms with Gasteiger partial charge in [0.25, 0.3) is 0 Å². The van der Waals surface area contributed by atoms with Crippen LogP contribution in [0.3, 0.4) is 0 Å². The van der Waals surface area contributed by atoms with E-state index in [4.69, 9.17) is 15.2 Å². The van der Waals surface area contributed by atoms with Crippen molar-refractivity contribution in [2.75, 3.05) is 20.3 Å². The summed E-state index contributed by atoms with van der Waals surface area (Å²) in [5.74, 6) is 0.0188. The van der Waals surface area contributed by atoms with E-state index < -0.39 is 0 Å². The summed E-state index contributed by atoms with van der Waals surface area (Å²) < 4.78 is 11.0. The third kappa shape index (κ3) is 4.75. The standard InChI is InChI=1S/C14H28N2O3/c1-4-14(5-2)9-11(6-7-19-14)16-13(17)8-12(10-15)18-3/h11-12H,4-10,15H2,1-3H3,(H,16,17). The predicted octanol–water partition coefficient (Wildman–Crippen LogP) is 1.20. The van der Waals surface area contributed by atoms with E-state index in [1.54, 1.807) is 7.11 Å². The number of methoxy groups -OCH3 is 1. The lowest BCUT2D eigenvalue weighted by molar-refractivity contribution is -0.128. The van der Waals surface area contributed by atoms with Crippen LogP contribution in [0, 0.1) is 0 Å². The maximum absolute atomic E-state index is 11.9. The molecule has 112 valence electrons. The number of nitrogens with one attached hydrogen (secondary N) is 1. The number of hydrogen-bond donors (Lipinski definition) is 2. The molecule has 1 saturated heterocycles. The van der Waals surface area contributed by atoms with Crippen molar-refractivity contribution >= 4 is 5.91 Å². The van der Waals surface area contributed by atoms with Crippen LogP contribution in [-0.4, -0.2) is 43.9 Å². The van der Waals surface area contributed by atoms with Gasteiger partial charge in [-0.15, -0.1) is 0 Å². The minimum atomic E-state index is -0.193. The smallest absolute Gasteiger partial charge is 0.222 e. The first-order chi connectivity index (χ1) is 9.09. The summed E-state index contributed by atoms with van der Waals surface area (Å²) in [6.07, 6.45) is 3.88. The van der Waals surface area contributed by atoms with Crippen molar-refractivity contribution in [3.63, 3.8) is 0 Å². The molecule has 0 saturated carbocycles. The van der Waals surface area contributed by atoms with E-state index in [-0.39, 0.29) is 23.7 Å². The Bertz CT molecular complexity index is 276. The highest BCUT2D eigenvalue weighted by Crippen LogP contribution is 2.31. The topological polar surface area (TPSA) is 73.6 Å². The van der Waals surface area contributed by atoms with Gasteiger partial charge in [0.1, 0.15) is 0 Å². The second-order valence-electron chi connectivity index (χ2n) is 5.29. The molecule has 0 spiro atoms. The van der Waals surface area contributed by atoms with Gasteiger partial charge in [0.15, 0.2) is 0 Å². The fourth-order valence-electron chi connectivity index (χ4n) is 2.65. The van der Waals surface area contributed by atoms with Crippen molar-refractivity contribution in [3.05, 3.63) is 0 Å². The molecule has 1 amide bonds. The Hall–Kier alpha value is -0.650. The maximum Gasteiger partial charge on any atom is 0.222 e. The van der Waals surface area contributed by atoms with Crippen LogP contribution in [-0.2, 0) is 14.3 Å². The summed E-state index contributed by atoms with van der Waals surface area (Å²) in [4.78, 5) is 11.9. The molecular weight excluding hydrogens is 244 g/mol. The van der Waals surface area contributed by atoms with E-state index in [9.17, 15) is 4.79 Å². The molecule has 1 heterocycles. The Morgan fingerprint density at radius 3 is 2.74 bits per heavy atom. The van der Waals surface area contributed by atoms with Crippen LogP contribution in [0.2, 0.25) is 0 Å². The van der Waals surface area contributed by atoms with Crippen LogP contribution in [0.1, 0.15) is 46.0 Å². The van der Waals surface area contributed by atoms with Gasteiger partial charge in [0, 0.05) is 26.3 Å². The van der Waals surface area contributed by atoms with Gasteiger partial charge in [0.05, 0.1) is 18.1 Å². The van der Waals surface area contributed by atoms with E-state index in [2.05, 4.69) is 19.2 Å². The van der Waals surface area contributed by atoms with Crippen molar-refractivity contribution in [2.24, 2.45) is 5.73 Å². The summed E-state index contributed by atoms with van der Waals surface area (Å²) in [5.41, 5.74) is 5.46. The Balaban J connectivity index is 2.46. The van der Waals surface area contributed by atoms with Crippen LogP contribution in [0.5, 0.6) is 0 Å². The highest BCUT2D eigenvalue weighted by atomic mass is 16.5. The van der Waals surface area contributed by atoms with Gasteiger partial charge < -0.3 is 20.5 Å². The van der Waals surface area contributed by atoms with Gasteiger partial charge in [-0.1, -0.05) is 13.8 Å². The summed E-state index contributed by atoms with van der Waals surface area (Å²) in [5, 5.41) is 3.09. The average molecular weight is 272 g/mol. The number of carbonyl (C=O) groups is 1. The van der Waals surface area contributed by atoms with Gasteiger partial charge in [-0.2, -0.15) is 0 Å². The van der Waals surface area contributed by atoms with Crippen molar-refractivity contribution in [1.82, 2.24) is 5.32 Å². The van der Waals surface area contributed by atoms with Crippen molar-refractivity contribution in [3.8, 4) is 0 Å². The third-order valence-electron chi connectivity index (χ3n) is 4.16. The molecule has 0 aliphatic carbocycles. The van der Waals surface area contributed by atoms with Crippen molar-refractivity contribution in [2.45, 2.75) is 63.7 Å². The van der Waals surface area contributed by atoms with E-state index in [1.807, 2.05) is 0 Å². The lowest BCUT2D eigenvalue weighted by Gasteiger charge is -2.40. The normalized spacial score (nSPS) is 23.9. The zero-order chi connectivity index (χ0) is 14.3. The minimum Gasteiger partial charge on any atom is -0.380 e. The number of ether oxygens (including phenoxy) is 2. The molecule has 0 aromatic rings. The Kier molecular flexibility index (Phi) is 6.75. The van der Waals surface area contributed by atoms with Gasteiger partial charge in [0.2, 0.25) is 5.91 Å². The number of carbonyl (C=O) groups excluding carboxylic acids is 1. The van der Waals surface area contributed by atoms with Gasteiger partial charge >= 0.3 is 0 Å². The maximum atomic E-state index is 11.9. The Morgan fingerprint density at radius 2 is 2.21 bits per heavy atom. The van der Waals surface area contributed by atoms with E-state index in [1.165, 1.54) is 0 Å². The van der Waals surface area contributed by atoms with Crippen LogP contribution < -0.4 is 11.1 Å². The molecule has 1 fully saturated rings. The molecule has 1 aliphatic rings. The zero-order valence-electron chi connectivity index (χ0n) is 12.4. The van der Waals surface area contributed by atoms with Crippen LogP contribution >= 0.6 is 0 Å². The molecule has 0 bridgehead atoms. The number of hydrogen-bond acceptors (Lipinski definition) is 4. The molecule has 3 N–H and O–H groups in total. The first-order valence-electron chi connectivity index (χ1n) is 7.25. The lowest BCUT2D eigenvalue weighted by Crippen LogP contribution is -2.48. The fourth-order valence-corrected chi connectivity index (χ4v) is 2.65. The average Bonchev–Trinajstić information content (AvgIpc) is 2.44. The Labute approximate surface area is 116 Å². The van der Waals surface area contributed by atoms with Crippen LogP contribution in [0.15, 0.2) is 0 Å². The third-order valence-corrected chi connectivity index (χ3v) is 4.16. The minimum absolute atomic E-state index is 0.0188. The summed E-state index contributed by atoms with van der Waals surface area (Å²) in [7, 11) is 1.58.